The van der Waals surface area contributed by atoms with Gasteiger partial charge in [-0.05, 0) is 49.9 Å². The maximum atomic E-state index is 6.39. The molecule has 3 unspecified atom stereocenters. The van der Waals surface area contributed by atoms with Gasteiger partial charge in [0.2, 0.25) is 5.90 Å². The maximum Gasteiger partial charge on any atom is 0.211 e. The molecule has 0 N–H and O–H groups in total. The molecule has 0 saturated heterocycles. The molecule has 1 aliphatic heterocycles. The summed E-state index contributed by atoms with van der Waals surface area (Å²) in [5.41, 5.74) is 2.95. The van der Waals surface area contributed by atoms with Crippen LogP contribution in [-0.2, 0) is 11.8 Å². The van der Waals surface area contributed by atoms with Gasteiger partial charge in [0.05, 0.1) is 30.7 Å². The predicted octanol–water partition coefficient (Wildman–Crippen LogP) is 4.43. The first kappa shape index (κ1) is 18.7. The van der Waals surface area contributed by atoms with E-state index in [1.807, 2.05) is 43.5 Å². The Bertz CT molecular complexity index is 1140. The lowest BCUT2D eigenvalue weighted by molar-refractivity contribution is 0.202. The van der Waals surface area contributed by atoms with Crippen molar-refractivity contribution in [3.8, 4) is 5.75 Å². The highest BCUT2D eigenvalue weighted by Crippen LogP contribution is 2.44. The van der Waals surface area contributed by atoms with E-state index in [9.17, 15) is 0 Å². The number of allylic oxidation sites excluding steroid dienone is 1. The average Bonchev–Trinajstić information content (AvgIpc) is 3.43. The molecule has 1 fully saturated rings. The van der Waals surface area contributed by atoms with Crippen LogP contribution >= 0.6 is 0 Å². The van der Waals surface area contributed by atoms with Crippen LogP contribution < -0.4 is 9.75 Å². The first-order chi connectivity index (χ1) is 14.6. The van der Waals surface area contributed by atoms with Crippen LogP contribution in [0, 0.1) is 11.8 Å². The van der Waals surface area contributed by atoms with Gasteiger partial charge in [-0.15, -0.1) is 5.10 Å². The highest BCUT2D eigenvalue weighted by Gasteiger charge is 2.43. The summed E-state index contributed by atoms with van der Waals surface area (Å²) in [4.78, 5) is 4.48. The second kappa shape index (κ2) is 7.48. The number of benzene rings is 1. The standard InChI is InChI=1S/C23H25N5O2/c1-4-29-20-10-18-9-16(5-6-22(18)24-13-20)15(2)30-23-21-11-17(21)7-8-28(26-23)19-12-25-27(3)14-19/h5-10,12-15,17,21H,4,11H2,1-3H3. The molecule has 1 aliphatic carbocycles. The predicted molar refractivity (Wildman–Crippen MR) is 116 cm³/mol. The van der Waals surface area contributed by atoms with Gasteiger partial charge < -0.3 is 9.47 Å². The second-order valence-corrected chi connectivity index (χ2v) is 7.82. The van der Waals surface area contributed by atoms with E-state index in [0.717, 1.165) is 40.2 Å². The van der Waals surface area contributed by atoms with E-state index in [-0.39, 0.29) is 6.10 Å². The first-order valence-electron chi connectivity index (χ1n) is 10.3. The van der Waals surface area contributed by atoms with Crippen molar-refractivity contribution in [2.75, 3.05) is 11.6 Å². The fourth-order valence-electron chi connectivity index (χ4n) is 3.78. The van der Waals surface area contributed by atoms with E-state index in [0.29, 0.717) is 18.4 Å². The fourth-order valence-corrected chi connectivity index (χ4v) is 3.78. The Balaban J connectivity index is 1.39. The summed E-state index contributed by atoms with van der Waals surface area (Å²) >= 11 is 0. The minimum absolute atomic E-state index is 0.126. The number of hydrazone groups is 1. The Morgan fingerprint density at radius 3 is 2.93 bits per heavy atom. The zero-order valence-corrected chi connectivity index (χ0v) is 17.4. The van der Waals surface area contributed by atoms with Crippen molar-refractivity contribution in [2.24, 2.45) is 24.0 Å². The van der Waals surface area contributed by atoms with Gasteiger partial charge in [0.15, 0.2) is 0 Å². The number of rotatable bonds is 5. The van der Waals surface area contributed by atoms with Gasteiger partial charge in [-0.25, -0.2) is 5.01 Å². The van der Waals surface area contributed by atoms with Crippen LogP contribution in [0.5, 0.6) is 5.75 Å². The van der Waals surface area contributed by atoms with E-state index >= 15 is 0 Å². The van der Waals surface area contributed by atoms with Crippen molar-refractivity contribution in [1.29, 1.82) is 0 Å². The van der Waals surface area contributed by atoms with Crippen molar-refractivity contribution >= 4 is 22.5 Å². The van der Waals surface area contributed by atoms with Gasteiger partial charge in [-0.3, -0.25) is 9.67 Å². The normalized spacial score (nSPS) is 21.0. The zero-order valence-electron chi connectivity index (χ0n) is 17.4. The Kier molecular flexibility index (Phi) is 4.65. The van der Waals surface area contributed by atoms with Gasteiger partial charge in [-0.1, -0.05) is 12.1 Å². The van der Waals surface area contributed by atoms with Crippen molar-refractivity contribution in [1.82, 2.24) is 14.8 Å². The molecule has 7 nitrogen and oxygen atoms in total. The van der Waals surface area contributed by atoms with E-state index < -0.39 is 0 Å². The minimum atomic E-state index is -0.126. The van der Waals surface area contributed by atoms with Crippen LogP contribution in [0.3, 0.4) is 0 Å². The lowest BCUT2D eigenvalue weighted by Crippen LogP contribution is -2.17. The van der Waals surface area contributed by atoms with Crippen molar-refractivity contribution in [3.05, 3.63) is 60.7 Å². The van der Waals surface area contributed by atoms with Crippen LogP contribution in [0.25, 0.3) is 10.9 Å². The number of nitrogens with zero attached hydrogens (tertiary/aromatic N) is 5. The van der Waals surface area contributed by atoms with E-state index in [2.05, 4.69) is 35.2 Å². The fraction of sp³-hybridized carbons (Fsp3) is 0.348. The van der Waals surface area contributed by atoms with Gasteiger partial charge in [0, 0.05) is 24.6 Å². The lowest BCUT2D eigenvalue weighted by Gasteiger charge is -2.19. The lowest BCUT2D eigenvalue weighted by atomic mass is 10.1. The molecule has 0 amide bonds. The molecule has 0 spiro atoms. The number of pyridine rings is 1. The van der Waals surface area contributed by atoms with Crippen LogP contribution in [0.2, 0.25) is 0 Å². The van der Waals surface area contributed by atoms with Gasteiger partial charge in [0.1, 0.15) is 17.5 Å². The number of aromatic nitrogens is 3. The smallest absolute Gasteiger partial charge is 0.211 e. The number of hydrogen-bond acceptors (Lipinski definition) is 6. The van der Waals surface area contributed by atoms with E-state index in [1.165, 1.54) is 0 Å². The molecule has 1 aromatic carbocycles. The molecular weight excluding hydrogens is 378 g/mol. The number of hydrogen-bond donors (Lipinski definition) is 0. The third-order valence-corrected chi connectivity index (χ3v) is 5.55. The van der Waals surface area contributed by atoms with Crippen LogP contribution in [0.15, 0.2) is 60.2 Å². The topological polar surface area (TPSA) is 64.8 Å². The Labute approximate surface area is 175 Å². The molecule has 5 rings (SSSR count). The molecule has 1 saturated carbocycles. The summed E-state index contributed by atoms with van der Waals surface area (Å²) in [6.07, 6.45) is 10.7. The Hall–Kier alpha value is -3.35. The number of anilines is 1. The summed E-state index contributed by atoms with van der Waals surface area (Å²) in [5, 5.41) is 11.9. The minimum Gasteiger partial charge on any atom is -0.492 e. The molecule has 154 valence electrons. The summed E-state index contributed by atoms with van der Waals surface area (Å²) < 4.78 is 13.7. The van der Waals surface area contributed by atoms with Crippen molar-refractivity contribution in [2.45, 2.75) is 26.4 Å². The molecule has 3 heterocycles. The maximum absolute atomic E-state index is 6.39. The monoisotopic (exact) mass is 403 g/mol. The second-order valence-electron chi connectivity index (χ2n) is 7.82. The molecule has 30 heavy (non-hydrogen) atoms. The molecule has 2 aliphatic rings. The quantitative estimate of drug-likeness (QED) is 0.631. The van der Waals surface area contributed by atoms with Crippen molar-refractivity contribution < 1.29 is 9.47 Å². The van der Waals surface area contributed by atoms with Gasteiger partial charge >= 0.3 is 0 Å². The SMILES string of the molecule is CCOc1cnc2ccc(C(C)OC3=NN(c4cnn(C)c4)C=CC4CC34)cc2c1. The largest absolute Gasteiger partial charge is 0.492 e. The van der Waals surface area contributed by atoms with Gasteiger partial charge in [0.25, 0.3) is 0 Å². The highest BCUT2D eigenvalue weighted by molar-refractivity contribution is 5.84. The molecule has 3 aromatic rings. The van der Waals surface area contributed by atoms with Crippen LogP contribution in [0.1, 0.15) is 31.9 Å². The van der Waals surface area contributed by atoms with E-state index in [1.54, 1.807) is 17.1 Å². The number of ether oxygens (including phenoxy) is 2. The highest BCUT2D eigenvalue weighted by atomic mass is 16.5. The third kappa shape index (κ3) is 3.63. The Morgan fingerprint density at radius 2 is 2.13 bits per heavy atom. The number of aryl methyl sites for hydroxylation is 1. The summed E-state index contributed by atoms with van der Waals surface area (Å²) in [6, 6.07) is 8.24. The summed E-state index contributed by atoms with van der Waals surface area (Å²) in [5.74, 6) is 2.40. The summed E-state index contributed by atoms with van der Waals surface area (Å²) in [6.45, 7) is 4.66. The molecule has 2 aromatic heterocycles. The average molecular weight is 403 g/mol. The molecule has 0 bridgehead atoms. The van der Waals surface area contributed by atoms with Crippen LogP contribution in [0.4, 0.5) is 5.69 Å². The first-order valence-corrected chi connectivity index (χ1v) is 10.3. The van der Waals surface area contributed by atoms with Gasteiger partial charge in [-0.2, -0.15) is 5.10 Å². The zero-order chi connectivity index (χ0) is 20.7. The van der Waals surface area contributed by atoms with E-state index in [4.69, 9.17) is 14.6 Å². The molecule has 7 heteroatoms. The molecule has 3 atom stereocenters. The van der Waals surface area contributed by atoms with Crippen LogP contribution in [-0.4, -0.2) is 27.3 Å². The Morgan fingerprint density at radius 1 is 1.23 bits per heavy atom. The van der Waals surface area contributed by atoms with Crippen molar-refractivity contribution in [3.63, 3.8) is 0 Å². The molecule has 0 radical (unpaired) electrons. The molecular formula is C23H25N5O2. The number of fused-ring (bicyclic) bond motifs is 2. The third-order valence-electron chi connectivity index (χ3n) is 5.55. The summed E-state index contributed by atoms with van der Waals surface area (Å²) in [7, 11) is 1.90.